The van der Waals surface area contributed by atoms with Crippen LogP contribution in [0.3, 0.4) is 0 Å². The highest BCUT2D eigenvalue weighted by atomic mass is 16.1. The lowest BCUT2D eigenvalue weighted by atomic mass is 10.0. The van der Waals surface area contributed by atoms with E-state index in [1.165, 1.54) is 16.5 Å². The minimum Gasteiger partial charge on any atom is -0.354 e. The first-order valence-electron chi connectivity index (χ1n) is 10.6. The molecule has 0 aliphatic carbocycles. The van der Waals surface area contributed by atoms with Gasteiger partial charge in [-0.15, -0.1) is 0 Å². The molecule has 0 saturated carbocycles. The third-order valence-corrected chi connectivity index (χ3v) is 5.97. The second kappa shape index (κ2) is 7.58. The molecule has 0 amide bonds. The van der Waals surface area contributed by atoms with Crippen LogP contribution in [0.15, 0.2) is 59.4 Å². The van der Waals surface area contributed by atoms with Crippen LogP contribution in [0.2, 0.25) is 0 Å². The highest BCUT2D eigenvalue weighted by molar-refractivity contribution is 5.90. The van der Waals surface area contributed by atoms with Gasteiger partial charge in [-0.25, -0.2) is 4.98 Å². The Kier molecular flexibility index (Phi) is 4.75. The number of nitrogens with one attached hydrogen (secondary N) is 2. The van der Waals surface area contributed by atoms with Crippen molar-refractivity contribution in [1.29, 1.82) is 0 Å². The molecule has 5 rings (SSSR count). The second-order valence-electron chi connectivity index (χ2n) is 8.38. The molecule has 0 spiro atoms. The van der Waals surface area contributed by atoms with E-state index in [0.717, 1.165) is 47.8 Å². The van der Waals surface area contributed by atoms with Gasteiger partial charge in [-0.1, -0.05) is 62.4 Å². The molecule has 2 aromatic heterocycles. The van der Waals surface area contributed by atoms with Gasteiger partial charge in [-0.2, -0.15) is 0 Å². The van der Waals surface area contributed by atoms with Crippen molar-refractivity contribution in [2.24, 2.45) is 0 Å². The number of nitrogens with zero attached hydrogens (tertiary/aromatic N) is 2. The lowest BCUT2D eigenvalue weighted by Gasteiger charge is -2.28. The Bertz CT molecular complexity index is 1250. The molecule has 0 fully saturated rings. The molecule has 0 saturated heterocycles. The summed E-state index contributed by atoms with van der Waals surface area (Å²) >= 11 is 0. The predicted molar refractivity (Wildman–Crippen MR) is 120 cm³/mol. The van der Waals surface area contributed by atoms with Crippen LogP contribution in [-0.4, -0.2) is 26.4 Å². The van der Waals surface area contributed by atoms with Gasteiger partial charge in [0.25, 0.3) is 5.56 Å². The quantitative estimate of drug-likeness (QED) is 0.528. The van der Waals surface area contributed by atoms with Crippen molar-refractivity contribution < 1.29 is 0 Å². The van der Waals surface area contributed by atoms with E-state index in [9.17, 15) is 4.79 Å². The number of fused-ring (bicyclic) bond motifs is 2. The fraction of sp³-hybridized carbons (Fsp3) is 0.280. The minimum atomic E-state index is 0.00982. The Labute approximate surface area is 175 Å². The van der Waals surface area contributed by atoms with Crippen LogP contribution in [0.4, 0.5) is 0 Å². The van der Waals surface area contributed by atoms with E-state index < -0.39 is 0 Å². The molecule has 2 N–H and O–H groups in total. The first-order chi connectivity index (χ1) is 14.6. The van der Waals surface area contributed by atoms with Crippen molar-refractivity contribution in [3.05, 3.63) is 87.6 Å². The Hall–Kier alpha value is -3.18. The van der Waals surface area contributed by atoms with Crippen LogP contribution in [0, 0.1) is 0 Å². The predicted octanol–water partition coefficient (Wildman–Crippen LogP) is 4.60. The van der Waals surface area contributed by atoms with E-state index in [2.05, 4.69) is 77.2 Å². The van der Waals surface area contributed by atoms with Crippen molar-refractivity contribution in [3.63, 3.8) is 0 Å². The van der Waals surface area contributed by atoms with E-state index in [1.54, 1.807) is 0 Å². The van der Waals surface area contributed by atoms with E-state index in [4.69, 9.17) is 4.98 Å². The monoisotopic (exact) mass is 398 g/mol. The van der Waals surface area contributed by atoms with Gasteiger partial charge in [0.1, 0.15) is 5.82 Å². The maximum absolute atomic E-state index is 12.7. The van der Waals surface area contributed by atoms with E-state index in [-0.39, 0.29) is 11.5 Å². The molecule has 2 aromatic carbocycles. The molecule has 1 aliphatic rings. The Balaban J connectivity index is 1.51. The number of aromatic amines is 2. The average molecular weight is 399 g/mol. The standard InChI is InChI=1S/C25H26N4O/c1-16(2)24-27-22-12-13-29(15-20(22)25(30)28-24)14-19-18-10-6-7-11-21(18)26-23(19)17-8-4-3-5-9-17/h3-11,16,26H,12-15H2,1-2H3,(H,27,28,30). The summed E-state index contributed by atoms with van der Waals surface area (Å²) in [6.07, 6.45) is 0.808. The zero-order valence-corrected chi connectivity index (χ0v) is 17.4. The number of hydrogen-bond donors (Lipinski definition) is 2. The van der Waals surface area contributed by atoms with E-state index in [1.807, 2.05) is 6.07 Å². The highest BCUT2D eigenvalue weighted by Crippen LogP contribution is 2.32. The van der Waals surface area contributed by atoms with Gasteiger partial charge in [0.2, 0.25) is 0 Å². The summed E-state index contributed by atoms with van der Waals surface area (Å²) in [6, 6.07) is 18.9. The lowest BCUT2D eigenvalue weighted by Crippen LogP contribution is -2.36. The van der Waals surface area contributed by atoms with Crippen LogP contribution in [0.1, 0.15) is 42.4 Å². The van der Waals surface area contributed by atoms with Gasteiger partial charge in [0.05, 0.1) is 17.0 Å². The van der Waals surface area contributed by atoms with Crippen molar-refractivity contribution in [3.8, 4) is 11.3 Å². The molecule has 30 heavy (non-hydrogen) atoms. The number of H-pyrrole nitrogens is 2. The normalized spacial score (nSPS) is 14.4. The van der Waals surface area contributed by atoms with E-state index in [0.29, 0.717) is 6.54 Å². The maximum Gasteiger partial charge on any atom is 0.255 e. The minimum absolute atomic E-state index is 0.00982. The summed E-state index contributed by atoms with van der Waals surface area (Å²) in [4.78, 5) is 26.4. The fourth-order valence-electron chi connectivity index (χ4n) is 4.35. The molecule has 0 radical (unpaired) electrons. The first-order valence-corrected chi connectivity index (χ1v) is 10.6. The number of rotatable bonds is 4. The summed E-state index contributed by atoms with van der Waals surface area (Å²) < 4.78 is 0. The van der Waals surface area contributed by atoms with Crippen molar-refractivity contribution in [1.82, 2.24) is 19.9 Å². The fourth-order valence-corrected chi connectivity index (χ4v) is 4.35. The van der Waals surface area contributed by atoms with Crippen LogP contribution in [-0.2, 0) is 19.5 Å². The molecule has 1 aliphatic heterocycles. The summed E-state index contributed by atoms with van der Waals surface area (Å²) in [5.41, 5.74) is 6.54. The molecule has 5 heteroatoms. The lowest BCUT2D eigenvalue weighted by molar-refractivity contribution is 0.242. The van der Waals surface area contributed by atoms with Crippen molar-refractivity contribution in [2.75, 3.05) is 6.54 Å². The summed E-state index contributed by atoms with van der Waals surface area (Å²) in [5.74, 6) is 1.01. The molecule has 0 unspecified atom stereocenters. The SMILES string of the molecule is CC(C)c1nc2c(c(=O)[nH]1)CN(Cc1c(-c3ccccc3)[nH]c3ccccc13)CC2. The molecule has 0 bridgehead atoms. The molecular formula is C25H26N4O. The molecular weight excluding hydrogens is 372 g/mol. The average Bonchev–Trinajstić information content (AvgIpc) is 3.13. The third-order valence-electron chi connectivity index (χ3n) is 5.97. The smallest absolute Gasteiger partial charge is 0.255 e. The van der Waals surface area contributed by atoms with Crippen LogP contribution < -0.4 is 5.56 Å². The van der Waals surface area contributed by atoms with Crippen molar-refractivity contribution >= 4 is 10.9 Å². The Morgan fingerprint density at radius 1 is 1.03 bits per heavy atom. The number of hydrogen-bond acceptors (Lipinski definition) is 3. The van der Waals surface area contributed by atoms with Gasteiger partial charge < -0.3 is 9.97 Å². The van der Waals surface area contributed by atoms with Gasteiger partial charge in [-0.3, -0.25) is 9.69 Å². The van der Waals surface area contributed by atoms with Gasteiger partial charge in [-0.05, 0) is 17.2 Å². The zero-order chi connectivity index (χ0) is 20.7. The van der Waals surface area contributed by atoms with Crippen LogP contribution in [0.5, 0.6) is 0 Å². The van der Waals surface area contributed by atoms with Crippen LogP contribution in [0.25, 0.3) is 22.2 Å². The molecule has 0 atom stereocenters. The molecule has 5 nitrogen and oxygen atoms in total. The molecule has 4 aromatic rings. The number of aromatic nitrogens is 3. The van der Waals surface area contributed by atoms with Crippen molar-refractivity contribution in [2.45, 2.75) is 39.3 Å². The number of benzene rings is 2. The third kappa shape index (κ3) is 3.35. The number of para-hydroxylation sites is 1. The van der Waals surface area contributed by atoms with Gasteiger partial charge in [0.15, 0.2) is 0 Å². The maximum atomic E-state index is 12.7. The molecule has 152 valence electrons. The second-order valence-corrected chi connectivity index (χ2v) is 8.38. The van der Waals surface area contributed by atoms with E-state index >= 15 is 0 Å². The first kappa shape index (κ1) is 18.8. The summed E-state index contributed by atoms with van der Waals surface area (Å²) in [5, 5.41) is 1.24. The largest absolute Gasteiger partial charge is 0.354 e. The van der Waals surface area contributed by atoms with Gasteiger partial charge >= 0.3 is 0 Å². The highest BCUT2D eigenvalue weighted by Gasteiger charge is 2.24. The van der Waals surface area contributed by atoms with Crippen LogP contribution >= 0.6 is 0 Å². The summed E-state index contributed by atoms with van der Waals surface area (Å²) in [6.45, 7) is 6.43. The van der Waals surface area contributed by atoms with Gasteiger partial charge in [0, 0.05) is 42.9 Å². The summed E-state index contributed by atoms with van der Waals surface area (Å²) in [7, 11) is 0. The topological polar surface area (TPSA) is 64.8 Å². The Morgan fingerprint density at radius 3 is 2.60 bits per heavy atom. The Morgan fingerprint density at radius 2 is 1.80 bits per heavy atom. The molecule has 3 heterocycles. The zero-order valence-electron chi connectivity index (χ0n) is 17.4.